The van der Waals surface area contributed by atoms with Crippen LogP contribution in [-0.4, -0.2) is 23.0 Å². The monoisotopic (exact) mass is 569 g/mol. The van der Waals surface area contributed by atoms with Crippen molar-refractivity contribution in [3.05, 3.63) is 71.0 Å². The number of ketones is 1. The van der Waals surface area contributed by atoms with Crippen LogP contribution in [-0.2, 0) is 24.9 Å². The van der Waals surface area contributed by atoms with Crippen LogP contribution < -0.4 is 4.74 Å². The maximum absolute atomic E-state index is 10.0. The number of carbonyl (C=O) groups is 1. The average Bonchev–Trinajstić information content (AvgIpc) is 2.60. The third-order valence-electron chi connectivity index (χ3n) is 4.06. The molecule has 3 rings (SSSR count). The van der Waals surface area contributed by atoms with Crippen molar-refractivity contribution >= 4 is 16.7 Å². The minimum Gasteiger partial charge on any atom is -0.512 e. The Kier molecular flexibility index (Phi) is 9.22. The smallest absolute Gasteiger partial charge is 0.155 e. The number of carbonyl (C=O) groups excluding carboxylic acids is 1. The van der Waals surface area contributed by atoms with Gasteiger partial charge in [0.15, 0.2) is 5.78 Å². The zero-order chi connectivity index (χ0) is 20.8. The predicted octanol–water partition coefficient (Wildman–Crippen LogP) is 5.67. The van der Waals surface area contributed by atoms with Gasteiger partial charge < -0.3 is 9.84 Å². The quantitative estimate of drug-likeness (QED) is 0.251. The second kappa shape index (κ2) is 10.9. The van der Waals surface area contributed by atoms with Crippen LogP contribution >= 0.6 is 0 Å². The third-order valence-corrected chi connectivity index (χ3v) is 4.06. The Balaban J connectivity index is 0.000000456. The van der Waals surface area contributed by atoms with Crippen LogP contribution in [0.1, 0.15) is 30.5 Å². The standard InChI is InChI=1S/C19H18NO.C5H8O2.Ir/c1-12-9-13(2)11-15(10-12)17-8-6-16-18(20-17)7-5-14(3)19(16)21-4;1-4(6)3-5(2)7;/h5-10H,1-4H3;3,6H,1-2H3;/q-1;;/b;4-3-;. The predicted molar refractivity (Wildman–Crippen MR) is 114 cm³/mol. The summed E-state index contributed by atoms with van der Waals surface area (Å²) in [5, 5.41) is 9.41. The maximum Gasteiger partial charge on any atom is 0.155 e. The molecule has 0 aliphatic heterocycles. The molecule has 1 N–H and O–H groups in total. The van der Waals surface area contributed by atoms with Crippen LogP contribution in [0.25, 0.3) is 22.2 Å². The van der Waals surface area contributed by atoms with Gasteiger partial charge in [-0.1, -0.05) is 32.0 Å². The van der Waals surface area contributed by atoms with Crippen LogP contribution in [0.5, 0.6) is 5.75 Å². The van der Waals surface area contributed by atoms with Crippen molar-refractivity contribution in [2.24, 2.45) is 0 Å². The van der Waals surface area contributed by atoms with E-state index >= 15 is 0 Å². The number of nitrogens with zero attached hydrogens (tertiary/aromatic N) is 1. The van der Waals surface area contributed by atoms with E-state index in [4.69, 9.17) is 14.8 Å². The number of pyridine rings is 1. The Bertz CT molecular complexity index is 1020. The number of ether oxygens (including phenoxy) is 1. The molecule has 0 atom stereocenters. The van der Waals surface area contributed by atoms with Gasteiger partial charge in [0.1, 0.15) is 5.75 Å². The van der Waals surface area contributed by atoms with Crippen LogP contribution in [0.4, 0.5) is 0 Å². The maximum atomic E-state index is 10.0. The minimum atomic E-state index is -0.125. The van der Waals surface area contributed by atoms with Gasteiger partial charge in [-0.15, -0.1) is 34.9 Å². The van der Waals surface area contributed by atoms with Crippen molar-refractivity contribution in [3.63, 3.8) is 0 Å². The van der Waals surface area contributed by atoms with E-state index in [9.17, 15) is 4.79 Å². The fourth-order valence-corrected chi connectivity index (χ4v) is 3.03. The largest absolute Gasteiger partial charge is 0.512 e. The molecule has 29 heavy (non-hydrogen) atoms. The van der Waals surface area contributed by atoms with E-state index in [-0.39, 0.29) is 31.6 Å². The van der Waals surface area contributed by atoms with Crippen LogP contribution in [0.2, 0.25) is 0 Å². The number of fused-ring (bicyclic) bond motifs is 1. The van der Waals surface area contributed by atoms with Gasteiger partial charge in [-0.25, -0.2) is 0 Å². The first-order valence-electron chi connectivity index (χ1n) is 9.04. The van der Waals surface area contributed by atoms with Crippen molar-refractivity contribution in [2.45, 2.75) is 34.6 Å². The molecular formula is C24H26IrNO3-. The zero-order valence-electron chi connectivity index (χ0n) is 17.6. The fourth-order valence-electron chi connectivity index (χ4n) is 3.03. The third kappa shape index (κ3) is 6.81. The molecule has 155 valence electrons. The molecular weight excluding hydrogens is 542 g/mol. The van der Waals surface area contributed by atoms with Crippen molar-refractivity contribution in [2.75, 3.05) is 7.11 Å². The Morgan fingerprint density at radius 2 is 1.79 bits per heavy atom. The number of aromatic nitrogens is 1. The van der Waals surface area contributed by atoms with Crippen molar-refractivity contribution in [1.29, 1.82) is 0 Å². The molecule has 3 aromatic rings. The number of benzene rings is 2. The first-order chi connectivity index (χ1) is 13.2. The number of hydrogen-bond acceptors (Lipinski definition) is 4. The van der Waals surface area contributed by atoms with Crippen LogP contribution in [0.15, 0.2) is 48.2 Å². The summed E-state index contributed by atoms with van der Waals surface area (Å²) in [6.45, 7) is 9.05. The number of allylic oxidation sites excluding steroid dienone is 2. The second-order valence-electron chi connectivity index (χ2n) is 6.83. The molecule has 4 nitrogen and oxygen atoms in total. The molecule has 0 amide bonds. The molecule has 0 aliphatic carbocycles. The Morgan fingerprint density at radius 1 is 1.10 bits per heavy atom. The molecule has 1 heterocycles. The number of aryl methyl sites for hydroxylation is 3. The van der Waals surface area contributed by atoms with Crippen LogP contribution in [0, 0.1) is 26.8 Å². The van der Waals surface area contributed by atoms with Gasteiger partial charge in [-0.05, 0) is 38.1 Å². The Labute approximate surface area is 186 Å². The van der Waals surface area contributed by atoms with E-state index in [0.717, 1.165) is 39.0 Å². The van der Waals surface area contributed by atoms with Gasteiger partial charge in [0.05, 0.1) is 18.4 Å². The first-order valence-corrected chi connectivity index (χ1v) is 9.04. The molecule has 1 radical (unpaired) electrons. The summed E-state index contributed by atoms with van der Waals surface area (Å²) in [5.41, 5.74) is 6.41. The molecule has 5 heteroatoms. The summed E-state index contributed by atoms with van der Waals surface area (Å²) in [4.78, 5) is 14.8. The molecule has 0 saturated heterocycles. The Morgan fingerprint density at radius 3 is 2.31 bits per heavy atom. The summed E-state index contributed by atoms with van der Waals surface area (Å²) < 4.78 is 5.49. The van der Waals surface area contributed by atoms with Gasteiger partial charge in [0, 0.05) is 31.6 Å². The summed E-state index contributed by atoms with van der Waals surface area (Å²) in [5.74, 6) is 0.837. The fraction of sp³-hybridized carbons (Fsp3) is 0.250. The van der Waals surface area contributed by atoms with Crippen molar-refractivity contribution < 1.29 is 34.7 Å². The second-order valence-corrected chi connectivity index (χ2v) is 6.83. The van der Waals surface area contributed by atoms with Gasteiger partial charge in [0.2, 0.25) is 0 Å². The van der Waals surface area contributed by atoms with E-state index in [1.807, 2.05) is 25.1 Å². The van der Waals surface area contributed by atoms with Gasteiger partial charge in [-0.2, -0.15) is 0 Å². The zero-order valence-corrected chi connectivity index (χ0v) is 20.0. The van der Waals surface area contributed by atoms with E-state index in [1.165, 1.54) is 25.5 Å². The van der Waals surface area contributed by atoms with Gasteiger partial charge in [0.25, 0.3) is 0 Å². The summed E-state index contributed by atoms with van der Waals surface area (Å²) in [6.07, 6.45) is 1.17. The van der Waals surface area contributed by atoms with E-state index in [2.05, 4.69) is 38.1 Å². The number of methoxy groups -OCH3 is 1. The molecule has 1 aromatic heterocycles. The Hall–Kier alpha value is -2.49. The average molecular weight is 569 g/mol. The van der Waals surface area contributed by atoms with Crippen LogP contribution in [0.3, 0.4) is 0 Å². The molecule has 0 unspecified atom stereocenters. The minimum absolute atomic E-state index is 0. The molecule has 2 aromatic carbocycles. The number of rotatable bonds is 3. The molecule has 0 spiro atoms. The number of aliphatic hydroxyl groups is 1. The molecule has 0 saturated carbocycles. The SMILES string of the molecule is CC(=O)/C=C(/C)O.COc1c(C)ccc2nc(-c3[c-]c(C)cc(C)c3)ccc12.[Ir]. The van der Waals surface area contributed by atoms with E-state index in [1.54, 1.807) is 7.11 Å². The molecule has 0 fully saturated rings. The summed E-state index contributed by atoms with van der Waals surface area (Å²) in [6, 6.07) is 15.8. The van der Waals surface area contributed by atoms with Crippen molar-refractivity contribution in [1.82, 2.24) is 4.98 Å². The number of aliphatic hydroxyl groups excluding tert-OH is 1. The normalized spacial score (nSPS) is 10.6. The number of hydrogen-bond donors (Lipinski definition) is 1. The van der Waals surface area contributed by atoms with Crippen molar-refractivity contribution in [3.8, 4) is 17.0 Å². The van der Waals surface area contributed by atoms with E-state index in [0.29, 0.717) is 0 Å². The van der Waals surface area contributed by atoms with E-state index < -0.39 is 0 Å². The summed E-state index contributed by atoms with van der Waals surface area (Å²) >= 11 is 0. The van der Waals surface area contributed by atoms with Gasteiger partial charge in [-0.3, -0.25) is 9.78 Å². The summed E-state index contributed by atoms with van der Waals surface area (Å²) in [7, 11) is 1.70. The first kappa shape index (κ1) is 24.5. The molecule has 0 bridgehead atoms. The molecule has 0 aliphatic rings. The van der Waals surface area contributed by atoms with Gasteiger partial charge >= 0.3 is 0 Å². The topological polar surface area (TPSA) is 59.4 Å².